The molecule has 2 N–H and O–H groups in total. The number of ether oxygens (including phenoxy) is 2. The first-order valence-electron chi connectivity index (χ1n) is 10.2. The van der Waals surface area contributed by atoms with Crippen LogP contribution in [0.3, 0.4) is 0 Å². The number of aryl methyl sites for hydroxylation is 1. The first-order valence-corrected chi connectivity index (χ1v) is 11.7. The highest BCUT2D eigenvalue weighted by molar-refractivity contribution is 7.90. The van der Waals surface area contributed by atoms with Crippen LogP contribution in [0, 0.1) is 5.82 Å². The minimum absolute atomic E-state index is 0.0941. The van der Waals surface area contributed by atoms with Crippen LogP contribution < -0.4 is 10.0 Å². The van der Waals surface area contributed by atoms with Crippen molar-refractivity contribution >= 4 is 21.7 Å². The van der Waals surface area contributed by atoms with Crippen LogP contribution in [0.25, 0.3) is 0 Å². The van der Waals surface area contributed by atoms with Gasteiger partial charge in [0, 0.05) is 25.9 Å². The van der Waals surface area contributed by atoms with E-state index in [4.69, 9.17) is 9.47 Å². The molecule has 0 atom stereocenters. The van der Waals surface area contributed by atoms with Crippen molar-refractivity contribution in [3.63, 3.8) is 0 Å². The number of rotatable bonds is 7. The minimum atomic E-state index is -4.27. The smallest absolute Gasteiger partial charge is 0.333 e. The first-order chi connectivity index (χ1) is 14.9. The van der Waals surface area contributed by atoms with E-state index in [1.165, 1.54) is 30.0 Å². The molecule has 0 aliphatic carbocycles. The summed E-state index contributed by atoms with van der Waals surface area (Å²) in [6.07, 6.45) is 0. The number of aromatic nitrogens is 2. The molecule has 0 bridgehead atoms. The number of carbonyl (C=O) groups excluding carboxylic acids is 1. The van der Waals surface area contributed by atoms with Gasteiger partial charge in [-0.05, 0) is 35.1 Å². The standard InChI is InChI=1S/C21H29FN4O5S/c1-12(2)15-7-14(22)8-16(13(3)4)19(15)23-20(27)25-32(28,29)18-9-17(26(5)24-18)21(30-6)10-31-11-21/h7-9,12-13H,10-11H2,1-6H3,(H2,23,25,27). The van der Waals surface area contributed by atoms with Gasteiger partial charge in [-0.15, -0.1) is 0 Å². The summed E-state index contributed by atoms with van der Waals surface area (Å²) in [5.74, 6) is -0.601. The zero-order valence-electron chi connectivity index (χ0n) is 19.0. The van der Waals surface area contributed by atoms with Crippen LogP contribution in [0.2, 0.25) is 0 Å². The highest BCUT2D eigenvalue weighted by Gasteiger charge is 2.44. The normalized spacial score (nSPS) is 15.7. The molecule has 32 heavy (non-hydrogen) atoms. The number of nitrogens with zero attached hydrogens (tertiary/aromatic N) is 2. The molecule has 1 aliphatic rings. The van der Waals surface area contributed by atoms with Gasteiger partial charge in [-0.1, -0.05) is 27.7 Å². The van der Waals surface area contributed by atoms with E-state index >= 15 is 0 Å². The lowest BCUT2D eigenvalue weighted by atomic mass is 9.92. The lowest BCUT2D eigenvalue weighted by Gasteiger charge is -2.39. The maximum atomic E-state index is 14.1. The van der Waals surface area contributed by atoms with E-state index < -0.39 is 27.5 Å². The van der Waals surface area contributed by atoms with Crippen LogP contribution in [-0.4, -0.2) is 44.6 Å². The molecule has 1 aromatic heterocycles. The second kappa shape index (κ2) is 8.80. The molecule has 1 aliphatic heterocycles. The van der Waals surface area contributed by atoms with E-state index in [1.54, 1.807) is 7.05 Å². The molecule has 176 valence electrons. The van der Waals surface area contributed by atoms with Gasteiger partial charge < -0.3 is 14.8 Å². The Bertz CT molecular complexity index is 1090. The average Bonchev–Trinajstić information content (AvgIpc) is 3.04. The van der Waals surface area contributed by atoms with Crippen molar-refractivity contribution in [2.45, 2.75) is 50.2 Å². The molecular weight excluding hydrogens is 439 g/mol. The number of carbonyl (C=O) groups is 1. The zero-order chi connectivity index (χ0) is 23.8. The van der Waals surface area contributed by atoms with Gasteiger partial charge in [0.25, 0.3) is 10.0 Å². The molecular formula is C21H29FN4O5S. The van der Waals surface area contributed by atoms with Gasteiger partial charge in [-0.3, -0.25) is 4.68 Å². The van der Waals surface area contributed by atoms with Gasteiger partial charge in [0.1, 0.15) is 5.82 Å². The Kier molecular flexibility index (Phi) is 6.64. The first kappa shape index (κ1) is 24.1. The fourth-order valence-corrected chi connectivity index (χ4v) is 4.57. The fourth-order valence-electron chi connectivity index (χ4n) is 3.67. The van der Waals surface area contributed by atoms with Gasteiger partial charge >= 0.3 is 6.03 Å². The predicted octanol–water partition coefficient (Wildman–Crippen LogP) is 3.19. The maximum Gasteiger partial charge on any atom is 0.333 e. The number of anilines is 1. The summed E-state index contributed by atoms with van der Waals surface area (Å²) in [6.45, 7) is 8.01. The Morgan fingerprint density at radius 3 is 2.19 bits per heavy atom. The molecule has 2 amide bonds. The van der Waals surface area contributed by atoms with Crippen molar-refractivity contribution in [2.24, 2.45) is 7.05 Å². The van der Waals surface area contributed by atoms with Gasteiger partial charge in [-0.2, -0.15) is 13.5 Å². The Balaban J connectivity index is 1.87. The summed E-state index contributed by atoms with van der Waals surface area (Å²) < 4.78 is 53.9. The number of amides is 2. The monoisotopic (exact) mass is 468 g/mol. The maximum absolute atomic E-state index is 14.1. The number of hydrogen-bond donors (Lipinski definition) is 2. The summed E-state index contributed by atoms with van der Waals surface area (Å²) >= 11 is 0. The fraction of sp³-hybridized carbons (Fsp3) is 0.524. The van der Waals surface area contributed by atoms with E-state index in [-0.39, 0.29) is 30.1 Å². The third-order valence-corrected chi connectivity index (χ3v) is 6.74. The van der Waals surface area contributed by atoms with Crippen molar-refractivity contribution in [3.8, 4) is 0 Å². The molecule has 1 fully saturated rings. The Morgan fingerprint density at radius 2 is 1.75 bits per heavy atom. The zero-order valence-corrected chi connectivity index (χ0v) is 19.8. The van der Waals surface area contributed by atoms with Gasteiger partial charge in [0.2, 0.25) is 0 Å². The summed E-state index contributed by atoms with van der Waals surface area (Å²) in [5, 5.41) is 6.33. The summed E-state index contributed by atoms with van der Waals surface area (Å²) in [7, 11) is -1.17. The van der Waals surface area contributed by atoms with Crippen LogP contribution in [0.1, 0.15) is 56.4 Å². The molecule has 0 saturated carbocycles. The third kappa shape index (κ3) is 4.50. The number of benzene rings is 1. The van der Waals surface area contributed by atoms with Crippen LogP contribution in [-0.2, 0) is 32.1 Å². The SMILES string of the molecule is COC1(c2cc(S(=O)(=O)NC(=O)Nc3c(C(C)C)cc(F)cc3C(C)C)nn2C)COC1. The number of sulfonamides is 1. The van der Waals surface area contributed by atoms with Gasteiger partial charge in [0.05, 0.1) is 18.9 Å². The average molecular weight is 469 g/mol. The topological polar surface area (TPSA) is 112 Å². The number of nitrogens with one attached hydrogen (secondary N) is 2. The summed E-state index contributed by atoms with van der Waals surface area (Å²) in [6, 6.07) is 3.09. The lowest BCUT2D eigenvalue weighted by Crippen LogP contribution is -2.49. The molecule has 1 aromatic carbocycles. The second-order valence-electron chi connectivity index (χ2n) is 8.51. The third-order valence-electron chi connectivity index (χ3n) is 5.53. The number of hydrogen-bond acceptors (Lipinski definition) is 6. The molecule has 2 aromatic rings. The van der Waals surface area contributed by atoms with E-state index in [9.17, 15) is 17.6 Å². The Hall–Kier alpha value is -2.50. The predicted molar refractivity (Wildman–Crippen MR) is 117 cm³/mol. The Morgan fingerprint density at radius 1 is 1.19 bits per heavy atom. The van der Waals surface area contributed by atoms with E-state index in [1.807, 2.05) is 32.4 Å². The molecule has 9 nitrogen and oxygen atoms in total. The van der Waals surface area contributed by atoms with Crippen LogP contribution in [0.4, 0.5) is 14.9 Å². The van der Waals surface area contributed by atoms with Gasteiger partial charge in [-0.25, -0.2) is 13.9 Å². The van der Waals surface area contributed by atoms with Crippen molar-refractivity contribution in [3.05, 3.63) is 40.8 Å². The highest BCUT2D eigenvalue weighted by Crippen LogP contribution is 2.35. The van der Waals surface area contributed by atoms with Crippen molar-refractivity contribution in [2.75, 3.05) is 25.6 Å². The largest absolute Gasteiger partial charge is 0.374 e. The van der Waals surface area contributed by atoms with Crippen molar-refractivity contribution < 1.29 is 27.1 Å². The van der Waals surface area contributed by atoms with Crippen molar-refractivity contribution in [1.29, 1.82) is 0 Å². The molecule has 2 heterocycles. The number of halogens is 1. The van der Waals surface area contributed by atoms with Crippen molar-refractivity contribution in [1.82, 2.24) is 14.5 Å². The quantitative estimate of drug-likeness (QED) is 0.646. The number of methoxy groups -OCH3 is 1. The van der Waals surface area contributed by atoms with E-state index in [0.717, 1.165) is 0 Å². The van der Waals surface area contributed by atoms with Crippen LogP contribution in [0.5, 0.6) is 0 Å². The Labute approximate surface area is 187 Å². The molecule has 0 unspecified atom stereocenters. The molecule has 1 saturated heterocycles. The van der Waals surface area contributed by atoms with E-state index in [2.05, 4.69) is 10.4 Å². The highest BCUT2D eigenvalue weighted by atomic mass is 32.2. The second-order valence-corrected chi connectivity index (χ2v) is 10.1. The minimum Gasteiger partial charge on any atom is -0.374 e. The van der Waals surface area contributed by atoms with Gasteiger partial charge in [0.15, 0.2) is 10.6 Å². The van der Waals surface area contributed by atoms with E-state index in [0.29, 0.717) is 22.5 Å². The summed E-state index contributed by atoms with van der Waals surface area (Å²) in [4.78, 5) is 12.7. The van der Waals surface area contributed by atoms with Crippen LogP contribution in [0.15, 0.2) is 23.2 Å². The van der Waals surface area contributed by atoms with Crippen LogP contribution >= 0.6 is 0 Å². The molecule has 0 radical (unpaired) electrons. The summed E-state index contributed by atoms with van der Waals surface area (Å²) in [5.41, 5.74) is 1.30. The molecule has 11 heteroatoms. The number of urea groups is 1. The lowest BCUT2D eigenvalue weighted by molar-refractivity contribution is -0.206. The molecule has 3 rings (SSSR count). The molecule has 0 spiro atoms.